The van der Waals surface area contributed by atoms with Crippen molar-refractivity contribution in [2.24, 2.45) is 5.92 Å². The molecule has 1 aromatic carbocycles. The summed E-state index contributed by atoms with van der Waals surface area (Å²) in [7, 11) is 0. The van der Waals surface area contributed by atoms with Gasteiger partial charge in [-0.2, -0.15) is 4.98 Å². The van der Waals surface area contributed by atoms with Crippen molar-refractivity contribution in [3.05, 3.63) is 47.9 Å². The lowest BCUT2D eigenvalue weighted by atomic mass is 9.99. The van der Waals surface area contributed by atoms with Gasteiger partial charge in [0.2, 0.25) is 0 Å². The molecule has 4 aromatic rings. The number of carbonyl (C=O) groups is 1. The zero-order chi connectivity index (χ0) is 20.7. The van der Waals surface area contributed by atoms with Crippen LogP contribution in [-0.2, 0) is 6.54 Å². The number of pyridine rings is 1. The van der Waals surface area contributed by atoms with Crippen molar-refractivity contribution in [3.63, 3.8) is 0 Å². The Hall–Kier alpha value is -2.97. The fourth-order valence-electron chi connectivity index (χ4n) is 3.84. The van der Waals surface area contributed by atoms with Crippen LogP contribution < -0.4 is 4.74 Å². The van der Waals surface area contributed by atoms with Crippen molar-refractivity contribution < 1.29 is 19.1 Å². The molecule has 0 bridgehead atoms. The summed E-state index contributed by atoms with van der Waals surface area (Å²) in [4.78, 5) is 22.3. The van der Waals surface area contributed by atoms with Gasteiger partial charge in [-0.15, -0.1) is 0 Å². The summed E-state index contributed by atoms with van der Waals surface area (Å²) in [6.45, 7) is 5.45. The summed E-state index contributed by atoms with van der Waals surface area (Å²) in [6.07, 6.45) is 5.75. The number of ether oxygens (including phenoxy) is 1. The normalized spacial score (nSPS) is 15.8. The monoisotopic (exact) mass is 423 g/mol. The number of piperidine rings is 1. The van der Waals surface area contributed by atoms with E-state index in [0.717, 1.165) is 36.5 Å². The molecular weight excluding hydrogens is 402 g/mol. The maximum absolute atomic E-state index is 11.4. The number of furan rings is 1. The molecule has 3 aromatic heterocycles. The first-order valence-corrected chi connectivity index (χ1v) is 10.8. The Kier molecular flexibility index (Phi) is 4.88. The highest BCUT2D eigenvalue weighted by atomic mass is 32.1. The number of hydrogen-bond donors (Lipinski definition) is 1. The van der Waals surface area contributed by atoms with Crippen LogP contribution in [0.15, 0.2) is 41.1 Å². The Labute approximate surface area is 176 Å². The lowest BCUT2D eigenvalue weighted by Gasteiger charge is -2.29. The molecule has 154 valence electrons. The first kappa shape index (κ1) is 19.0. The molecule has 7 nitrogen and oxygen atoms in total. The third kappa shape index (κ3) is 3.64. The van der Waals surface area contributed by atoms with Gasteiger partial charge in [-0.05, 0) is 50.0 Å². The van der Waals surface area contributed by atoms with E-state index < -0.39 is 5.97 Å². The van der Waals surface area contributed by atoms with Gasteiger partial charge in [-0.1, -0.05) is 18.3 Å². The molecule has 0 saturated carbocycles. The number of aromatic carboxylic acids is 1. The molecule has 0 aliphatic carbocycles. The lowest BCUT2D eigenvalue weighted by molar-refractivity contribution is 0.0699. The van der Waals surface area contributed by atoms with Crippen LogP contribution in [0, 0.1) is 5.92 Å². The Bertz CT molecular complexity index is 1220. The van der Waals surface area contributed by atoms with Gasteiger partial charge in [0.15, 0.2) is 5.65 Å². The molecule has 0 radical (unpaired) electrons. The van der Waals surface area contributed by atoms with E-state index in [0.29, 0.717) is 21.3 Å². The third-order valence-corrected chi connectivity index (χ3v) is 6.56. The highest BCUT2D eigenvalue weighted by molar-refractivity contribution is 7.20. The summed E-state index contributed by atoms with van der Waals surface area (Å²) in [5.41, 5.74) is 2.48. The molecule has 1 aliphatic rings. The van der Waals surface area contributed by atoms with Crippen molar-refractivity contribution in [1.82, 2.24) is 14.9 Å². The molecule has 8 heteroatoms. The Morgan fingerprint density at radius 1 is 1.33 bits per heavy atom. The molecule has 0 spiro atoms. The quantitative estimate of drug-likeness (QED) is 0.474. The SMILES string of the molecule is CC1CCN(Cc2coc3cc(Oc4nc5nccc(C(=O)O)c5s4)ccc23)CC1. The smallest absolute Gasteiger partial charge is 0.337 e. The standard InChI is InChI=1S/C22H21N3O4S/c1-13-5-8-25(9-6-13)11-14-12-28-18-10-15(2-3-16(14)18)29-22-24-20-19(30-22)17(21(26)27)4-7-23-20/h2-4,7,10,12-13H,5-6,8-9,11H2,1H3,(H,26,27). The van der Waals surface area contributed by atoms with E-state index in [1.807, 2.05) is 24.5 Å². The molecule has 0 atom stereocenters. The molecule has 1 aliphatic heterocycles. The highest BCUT2D eigenvalue weighted by Gasteiger charge is 2.18. The average Bonchev–Trinajstić information content (AvgIpc) is 3.32. The Morgan fingerprint density at radius 3 is 2.97 bits per heavy atom. The Morgan fingerprint density at radius 2 is 2.17 bits per heavy atom. The van der Waals surface area contributed by atoms with E-state index in [-0.39, 0.29) is 5.56 Å². The van der Waals surface area contributed by atoms with Crippen LogP contribution in [0.3, 0.4) is 0 Å². The number of hydrogen-bond acceptors (Lipinski definition) is 7. The lowest BCUT2D eigenvalue weighted by Crippen LogP contribution is -2.32. The third-order valence-electron chi connectivity index (χ3n) is 5.61. The summed E-state index contributed by atoms with van der Waals surface area (Å²) in [5, 5.41) is 10.8. The van der Waals surface area contributed by atoms with Crippen molar-refractivity contribution >= 4 is 38.6 Å². The van der Waals surface area contributed by atoms with Gasteiger partial charge in [-0.3, -0.25) is 4.90 Å². The maximum Gasteiger partial charge on any atom is 0.337 e. The molecule has 1 N–H and O–H groups in total. The fourth-order valence-corrected chi connectivity index (χ4v) is 4.74. The van der Waals surface area contributed by atoms with Crippen LogP contribution in [0.25, 0.3) is 21.3 Å². The fraction of sp³-hybridized carbons (Fsp3) is 0.318. The van der Waals surface area contributed by atoms with E-state index in [1.54, 1.807) is 0 Å². The number of fused-ring (bicyclic) bond motifs is 2. The van der Waals surface area contributed by atoms with Gasteiger partial charge < -0.3 is 14.3 Å². The minimum atomic E-state index is -1.01. The van der Waals surface area contributed by atoms with E-state index in [4.69, 9.17) is 9.15 Å². The van der Waals surface area contributed by atoms with Gasteiger partial charge in [0.25, 0.3) is 5.19 Å². The number of rotatable bonds is 5. The van der Waals surface area contributed by atoms with Crippen LogP contribution >= 0.6 is 11.3 Å². The summed E-state index contributed by atoms with van der Waals surface area (Å²) >= 11 is 1.17. The Balaban J connectivity index is 1.36. The van der Waals surface area contributed by atoms with E-state index >= 15 is 0 Å². The first-order chi connectivity index (χ1) is 14.6. The van der Waals surface area contributed by atoms with Gasteiger partial charge in [0.05, 0.1) is 16.5 Å². The predicted molar refractivity (Wildman–Crippen MR) is 114 cm³/mol. The van der Waals surface area contributed by atoms with Gasteiger partial charge >= 0.3 is 5.97 Å². The van der Waals surface area contributed by atoms with E-state index in [2.05, 4.69) is 21.8 Å². The van der Waals surface area contributed by atoms with Crippen molar-refractivity contribution in [1.29, 1.82) is 0 Å². The summed E-state index contributed by atoms with van der Waals surface area (Å²) in [5.74, 6) is 0.391. The number of carboxylic acids is 1. The topological polar surface area (TPSA) is 88.7 Å². The van der Waals surface area contributed by atoms with E-state index in [9.17, 15) is 9.90 Å². The molecule has 1 fully saturated rings. The minimum absolute atomic E-state index is 0.172. The zero-order valence-electron chi connectivity index (χ0n) is 16.5. The van der Waals surface area contributed by atoms with Crippen molar-refractivity contribution in [2.75, 3.05) is 13.1 Å². The summed E-state index contributed by atoms with van der Waals surface area (Å²) in [6, 6.07) is 7.20. The van der Waals surface area contributed by atoms with Gasteiger partial charge in [0, 0.05) is 29.8 Å². The molecule has 0 amide bonds. The van der Waals surface area contributed by atoms with Crippen molar-refractivity contribution in [3.8, 4) is 10.9 Å². The number of benzene rings is 1. The molecule has 5 rings (SSSR count). The molecular formula is C22H21N3O4S. The minimum Gasteiger partial charge on any atom is -0.478 e. The maximum atomic E-state index is 11.4. The highest BCUT2D eigenvalue weighted by Crippen LogP contribution is 2.34. The second kappa shape index (κ2) is 7.70. The number of likely N-dealkylation sites (tertiary alicyclic amines) is 1. The number of nitrogens with zero attached hydrogens (tertiary/aromatic N) is 3. The van der Waals surface area contributed by atoms with Crippen LogP contribution in [0.4, 0.5) is 0 Å². The second-order valence-electron chi connectivity index (χ2n) is 7.78. The van der Waals surface area contributed by atoms with Crippen molar-refractivity contribution in [2.45, 2.75) is 26.3 Å². The average molecular weight is 423 g/mol. The first-order valence-electron chi connectivity index (χ1n) is 9.96. The largest absolute Gasteiger partial charge is 0.478 e. The van der Waals surface area contributed by atoms with Crippen LogP contribution in [0.2, 0.25) is 0 Å². The predicted octanol–water partition coefficient (Wildman–Crippen LogP) is 5.16. The number of thiazole rings is 1. The summed E-state index contributed by atoms with van der Waals surface area (Å²) < 4.78 is 12.2. The number of carboxylic acid groups (broad SMARTS) is 1. The zero-order valence-corrected chi connectivity index (χ0v) is 17.3. The van der Waals surface area contributed by atoms with Gasteiger partial charge in [-0.25, -0.2) is 9.78 Å². The molecule has 0 unspecified atom stereocenters. The van der Waals surface area contributed by atoms with Crippen LogP contribution in [0.5, 0.6) is 10.9 Å². The second-order valence-corrected chi connectivity index (χ2v) is 8.74. The molecule has 1 saturated heterocycles. The number of aromatic nitrogens is 2. The van der Waals surface area contributed by atoms with Gasteiger partial charge in [0.1, 0.15) is 11.3 Å². The van der Waals surface area contributed by atoms with E-state index in [1.165, 1.54) is 42.0 Å². The molecule has 4 heterocycles. The molecule has 30 heavy (non-hydrogen) atoms. The van der Waals surface area contributed by atoms with Crippen LogP contribution in [-0.4, -0.2) is 39.0 Å². The van der Waals surface area contributed by atoms with Crippen LogP contribution in [0.1, 0.15) is 35.7 Å².